The number of fused-ring (bicyclic) bond motifs is 1. The van der Waals surface area contributed by atoms with Gasteiger partial charge in [-0.15, -0.1) is 0 Å². The van der Waals surface area contributed by atoms with Crippen molar-refractivity contribution < 1.29 is 0 Å². The number of nitrogens with one attached hydrogen (secondary N) is 1. The van der Waals surface area contributed by atoms with Crippen molar-refractivity contribution in [2.75, 3.05) is 29.9 Å². The summed E-state index contributed by atoms with van der Waals surface area (Å²) in [6, 6.07) is 0. The molecule has 0 bridgehead atoms. The summed E-state index contributed by atoms with van der Waals surface area (Å²) in [4.78, 5) is 11.1. The van der Waals surface area contributed by atoms with Crippen LogP contribution < -0.4 is 10.2 Å². The summed E-state index contributed by atoms with van der Waals surface area (Å²) in [5.41, 5.74) is 1.32. The van der Waals surface area contributed by atoms with E-state index in [9.17, 15) is 0 Å². The lowest BCUT2D eigenvalue weighted by Crippen LogP contribution is -2.31. The molecule has 0 atom stereocenters. The van der Waals surface area contributed by atoms with E-state index in [2.05, 4.69) is 20.2 Å². The van der Waals surface area contributed by atoms with Gasteiger partial charge in [0.25, 0.3) is 0 Å². The largest absolute Gasteiger partial charge is 0.369 e. The molecule has 0 amide bonds. The topological polar surface area (TPSA) is 41.1 Å². The summed E-state index contributed by atoms with van der Waals surface area (Å²) in [6.45, 7) is 3.32. The summed E-state index contributed by atoms with van der Waals surface area (Å²) >= 11 is 0. The Balaban J connectivity index is 1.93. The molecule has 1 aromatic rings. The fourth-order valence-electron chi connectivity index (χ4n) is 2.47. The maximum Gasteiger partial charge on any atom is 0.137 e. The van der Waals surface area contributed by atoms with Crippen molar-refractivity contribution in [3.8, 4) is 0 Å². The molecule has 1 fully saturated rings. The summed E-state index contributed by atoms with van der Waals surface area (Å²) < 4.78 is 0. The summed E-state index contributed by atoms with van der Waals surface area (Å²) in [6.07, 6.45) is 6.71. The lowest BCUT2D eigenvalue weighted by atomic mass is 10.1. The van der Waals surface area contributed by atoms with Crippen LogP contribution in [0.15, 0.2) is 6.33 Å². The van der Waals surface area contributed by atoms with Gasteiger partial charge in [-0.1, -0.05) is 0 Å². The maximum absolute atomic E-state index is 4.45. The minimum atomic E-state index is 1.01. The molecule has 1 N–H and O–H groups in total. The van der Waals surface area contributed by atoms with Gasteiger partial charge >= 0.3 is 0 Å². The molecule has 0 saturated carbocycles. The van der Waals surface area contributed by atoms with Crippen LogP contribution in [-0.4, -0.2) is 29.6 Å². The van der Waals surface area contributed by atoms with Crippen LogP contribution in [0.1, 0.15) is 24.8 Å². The van der Waals surface area contributed by atoms with Gasteiger partial charge in [0.2, 0.25) is 0 Å². The Labute approximate surface area is 89.7 Å². The molecule has 2 aliphatic rings. The van der Waals surface area contributed by atoms with Gasteiger partial charge in [0.05, 0.1) is 0 Å². The Morgan fingerprint density at radius 3 is 2.87 bits per heavy atom. The molecule has 3 rings (SSSR count). The predicted octanol–water partition coefficient (Wildman–Crippen LogP) is 1.43. The molecule has 0 unspecified atom stereocenters. The Bertz CT molecular complexity index is 358. The molecule has 0 aromatic carbocycles. The molecular formula is C11H16N4. The summed E-state index contributed by atoms with van der Waals surface area (Å²) in [5, 5.41) is 3.30. The standard InChI is InChI=1S/C11H16N4/c1-2-6-15(7-3-1)11-9-4-5-12-10(9)13-8-14-11/h8H,1-7H2,(H,12,13,14). The number of anilines is 2. The normalized spacial score (nSPS) is 19.9. The molecular weight excluding hydrogens is 188 g/mol. The van der Waals surface area contributed by atoms with Gasteiger partial charge in [-0.25, -0.2) is 9.97 Å². The van der Waals surface area contributed by atoms with E-state index >= 15 is 0 Å². The summed E-state index contributed by atoms with van der Waals surface area (Å²) in [5.74, 6) is 2.22. The summed E-state index contributed by atoms with van der Waals surface area (Å²) in [7, 11) is 0. The first-order chi connectivity index (χ1) is 7.45. The third kappa shape index (κ3) is 1.54. The number of nitrogens with zero attached hydrogens (tertiary/aromatic N) is 3. The van der Waals surface area contributed by atoms with Crippen molar-refractivity contribution in [1.82, 2.24) is 9.97 Å². The van der Waals surface area contributed by atoms with E-state index in [1.807, 2.05) is 0 Å². The molecule has 0 radical (unpaired) electrons. The third-order valence-corrected chi connectivity index (χ3v) is 3.25. The fourth-order valence-corrected chi connectivity index (χ4v) is 2.47. The fraction of sp³-hybridized carbons (Fsp3) is 0.636. The Kier molecular flexibility index (Phi) is 2.19. The molecule has 80 valence electrons. The zero-order valence-electron chi connectivity index (χ0n) is 8.87. The van der Waals surface area contributed by atoms with Gasteiger partial charge in [-0.2, -0.15) is 0 Å². The lowest BCUT2D eigenvalue weighted by Gasteiger charge is -2.28. The van der Waals surface area contributed by atoms with E-state index in [4.69, 9.17) is 0 Å². The molecule has 0 aliphatic carbocycles. The molecule has 1 aromatic heterocycles. The number of hydrogen-bond acceptors (Lipinski definition) is 4. The van der Waals surface area contributed by atoms with Crippen LogP contribution in [0.25, 0.3) is 0 Å². The zero-order chi connectivity index (χ0) is 10.1. The smallest absolute Gasteiger partial charge is 0.137 e. The van der Waals surface area contributed by atoms with Crippen molar-refractivity contribution in [3.05, 3.63) is 11.9 Å². The molecule has 1 saturated heterocycles. The molecule has 3 heterocycles. The zero-order valence-corrected chi connectivity index (χ0v) is 8.87. The Hall–Kier alpha value is -1.32. The molecule has 0 spiro atoms. The van der Waals surface area contributed by atoms with Gasteiger partial charge in [0.15, 0.2) is 0 Å². The van der Waals surface area contributed by atoms with Crippen molar-refractivity contribution in [2.45, 2.75) is 25.7 Å². The van der Waals surface area contributed by atoms with E-state index in [0.29, 0.717) is 0 Å². The number of piperidine rings is 1. The Morgan fingerprint density at radius 2 is 2.00 bits per heavy atom. The van der Waals surface area contributed by atoms with E-state index in [-0.39, 0.29) is 0 Å². The number of aromatic nitrogens is 2. The van der Waals surface area contributed by atoms with E-state index in [0.717, 1.165) is 31.9 Å². The van der Waals surface area contributed by atoms with Crippen LogP contribution in [-0.2, 0) is 6.42 Å². The van der Waals surface area contributed by atoms with Gasteiger partial charge in [-0.05, 0) is 25.7 Å². The van der Waals surface area contributed by atoms with Crippen LogP contribution in [0.5, 0.6) is 0 Å². The number of hydrogen-bond donors (Lipinski definition) is 1. The average molecular weight is 204 g/mol. The maximum atomic E-state index is 4.45. The average Bonchev–Trinajstić information content (AvgIpc) is 2.78. The van der Waals surface area contributed by atoms with Crippen molar-refractivity contribution in [2.24, 2.45) is 0 Å². The van der Waals surface area contributed by atoms with Gasteiger partial charge < -0.3 is 10.2 Å². The van der Waals surface area contributed by atoms with Crippen molar-refractivity contribution >= 4 is 11.6 Å². The second-order valence-electron chi connectivity index (χ2n) is 4.25. The highest BCUT2D eigenvalue weighted by atomic mass is 15.2. The molecule has 4 heteroatoms. The molecule has 4 nitrogen and oxygen atoms in total. The predicted molar refractivity (Wildman–Crippen MR) is 60.3 cm³/mol. The second kappa shape index (κ2) is 3.68. The second-order valence-corrected chi connectivity index (χ2v) is 4.25. The third-order valence-electron chi connectivity index (χ3n) is 3.25. The first kappa shape index (κ1) is 8.95. The Morgan fingerprint density at radius 1 is 1.13 bits per heavy atom. The van der Waals surface area contributed by atoms with Crippen LogP contribution >= 0.6 is 0 Å². The van der Waals surface area contributed by atoms with Crippen molar-refractivity contribution in [3.63, 3.8) is 0 Å². The lowest BCUT2D eigenvalue weighted by molar-refractivity contribution is 0.572. The first-order valence-electron chi connectivity index (χ1n) is 5.78. The van der Waals surface area contributed by atoms with Crippen LogP contribution in [0.3, 0.4) is 0 Å². The first-order valence-corrected chi connectivity index (χ1v) is 5.78. The van der Waals surface area contributed by atoms with Crippen LogP contribution in [0.4, 0.5) is 11.6 Å². The number of rotatable bonds is 1. The minimum absolute atomic E-state index is 1.01. The molecule has 2 aliphatic heterocycles. The quantitative estimate of drug-likeness (QED) is 0.751. The van der Waals surface area contributed by atoms with E-state index in [1.54, 1.807) is 6.33 Å². The monoisotopic (exact) mass is 204 g/mol. The molecule has 15 heavy (non-hydrogen) atoms. The van der Waals surface area contributed by atoms with Gasteiger partial charge in [0, 0.05) is 25.2 Å². The highest BCUT2D eigenvalue weighted by Crippen LogP contribution is 2.29. The van der Waals surface area contributed by atoms with Crippen LogP contribution in [0, 0.1) is 0 Å². The van der Waals surface area contributed by atoms with Crippen LogP contribution in [0.2, 0.25) is 0 Å². The van der Waals surface area contributed by atoms with Crippen molar-refractivity contribution in [1.29, 1.82) is 0 Å². The van der Waals surface area contributed by atoms with Gasteiger partial charge in [-0.3, -0.25) is 0 Å². The van der Waals surface area contributed by atoms with Gasteiger partial charge in [0.1, 0.15) is 18.0 Å². The SMILES string of the molecule is c1nc2c(c(N3CCCCC3)n1)CCN2. The van der Waals surface area contributed by atoms with E-state index < -0.39 is 0 Å². The van der Waals surface area contributed by atoms with E-state index in [1.165, 1.54) is 30.6 Å². The highest BCUT2D eigenvalue weighted by Gasteiger charge is 2.21. The highest BCUT2D eigenvalue weighted by molar-refractivity contribution is 5.61. The minimum Gasteiger partial charge on any atom is -0.369 e.